The molecule has 0 aromatic carbocycles. The molecule has 1 aromatic rings. The average molecular weight is 289 g/mol. The van der Waals surface area contributed by atoms with E-state index >= 15 is 0 Å². The lowest BCUT2D eigenvalue weighted by Gasteiger charge is -2.42. The van der Waals surface area contributed by atoms with Gasteiger partial charge in [0.05, 0.1) is 19.3 Å². The summed E-state index contributed by atoms with van der Waals surface area (Å²) in [4.78, 5) is 9.62. The maximum absolute atomic E-state index is 5.28. The minimum atomic E-state index is 0.319. The van der Waals surface area contributed by atoms with Gasteiger partial charge in [-0.25, -0.2) is 4.98 Å². The number of piperazine rings is 1. The lowest BCUT2D eigenvalue weighted by atomic mass is 9.89. The Morgan fingerprint density at radius 3 is 2.33 bits per heavy atom. The molecule has 0 spiro atoms. The predicted octanol–water partition coefficient (Wildman–Crippen LogP) is 2.19. The highest BCUT2D eigenvalue weighted by Gasteiger charge is 2.29. The number of hydrogen-bond donors (Lipinski definition) is 0. The Kier molecular flexibility index (Phi) is 4.18. The van der Waals surface area contributed by atoms with Gasteiger partial charge < -0.3 is 9.64 Å². The summed E-state index contributed by atoms with van der Waals surface area (Å²) in [7, 11) is 0. The van der Waals surface area contributed by atoms with Crippen LogP contribution in [0.1, 0.15) is 26.3 Å². The molecule has 21 heavy (non-hydrogen) atoms. The van der Waals surface area contributed by atoms with Crippen molar-refractivity contribution in [3.8, 4) is 0 Å². The molecule has 3 rings (SSSR count). The second-order valence-electron chi connectivity index (χ2n) is 7.48. The maximum Gasteiger partial charge on any atom is 0.128 e. The number of hydrogen-bond acceptors (Lipinski definition) is 4. The van der Waals surface area contributed by atoms with Crippen LogP contribution in [0.15, 0.2) is 18.3 Å². The Balaban J connectivity index is 1.55. The fourth-order valence-corrected chi connectivity index (χ4v) is 3.07. The molecule has 4 nitrogen and oxygen atoms in total. The van der Waals surface area contributed by atoms with E-state index in [2.05, 4.69) is 47.7 Å². The summed E-state index contributed by atoms with van der Waals surface area (Å²) in [6, 6.07) is 5.08. The lowest BCUT2D eigenvalue weighted by molar-refractivity contribution is -0.0661. The van der Waals surface area contributed by atoms with Crippen molar-refractivity contribution in [2.75, 3.05) is 44.3 Å². The summed E-state index contributed by atoms with van der Waals surface area (Å²) in [6.07, 6.45) is 3.13. The first-order valence-electron chi connectivity index (χ1n) is 8.03. The van der Waals surface area contributed by atoms with E-state index in [-0.39, 0.29) is 0 Å². The number of rotatable bonds is 3. The summed E-state index contributed by atoms with van der Waals surface area (Å²) < 4.78 is 5.28. The number of pyridine rings is 1. The summed E-state index contributed by atoms with van der Waals surface area (Å²) in [6.45, 7) is 13.0. The highest BCUT2D eigenvalue weighted by Crippen LogP contribution is 2.22. The average Bonchev–Trinajstić information content (AvgIpc) is 2.37. The highest BCUT2D eigenvalue weighted by molar-refractivity contribution is 5.40. The van der Waals surface area contributed by atoms with Gasteiger partial charge in [-0.15, -0.1) is 0 Å². The Hall–Kier alpha value is -1.13. The summed E-state index contributed by atoms with van der Waals surface area (Å²) in [5.74, 6) is 1.12. The molecule has 2 fully saturated rings. The van der Waals surface area contributed by atoms with Crippen molar-refractivity contribution in [2.45, 2.75) is 33.2 Å². The molecule has 0 amide bonds. The van der Waals surface area contributed by atoms with Gasteiger partial charge in [0.1, 0.15) is 5.82 Å². The first-order chi connectivity index (χ1) is 10.0. The zero-order valence-corrected chi connectivity index (χ0v) is 13.5. The van der Waals surface area contributed by atoms with Crippen LogP contribution in [0.25, 0.3) is 0 Å². The van der Waals surface area contributed by atoms with Crippen molar-refractivity contribution in [1.29, 1.82) is 0 Å². The Labute approximate surface area is 128 Å². The number of anilines is 1. The van der Waals surface area contributed by atoms with Gasteiger partial charge in [-0.3, -0.25) is 4.90 Å². The zero-order valence-electron chi connectivity index (χ0n) is 13.5. The highest BCUT2D eigenvalue weighted by atomic mass is 16.5. The molecule has 3 heterocycles. The largest absolute Gasteiger partial charge is 0.378 e. The van der Waals surface area contributed by atoms with Crippen molar-refractivity contribution >= 4 is 5.82 Å². The topological polar surface area (TPSA) is 28.6 Å². The zero-order chi connectivity index (χ0) is 14.9. The van der Waals surface area contributed by atoms with Crippen molar-refractivity contribution in [3.63, 3.8) is 0 Å². The van der Waals surface area contributed by atoms with Crippen LogP contribution < -0.4 is 4.90 Å². The first kappa shape index (κ1) is 14.8. The van der Waals surface area contributed by atoms with E-state index in [1.165, 1.54) is 5.56 Å². The van der Waals surface area contributed by atoms with E-state index in [1.807, 2.05) is 6.20 Å². The SMILES string of the molecule is CC(C)(C)Cc1ccc(N2CCN(C3COC3)CC2)nc1. The van der Waals surface area contributed by atoms with Crippen LogP contribution in [0.4, 0.5) is 5.82 Å². The second-order valence-corrected chi connectivity index (χ2v) is 7.48. The third-order valence-corrected chi connectivity index (χ3v) is 4.32. The van der Waals surface area contributed by atoms with Gasteiger partial charge in [0.15, 0.2) is 0 Å². The van der Waals surface area contributed by atoms with E-state index in [9.17, 15) is 0 Å². The molecule has 0 radical (unpaired) electrons. The van der Waals surface area contributed by atoms with Crippen LogP contribution in [0, 0.1) is 5.41 Å². The molecule has 1 aromatic heterocycles. The molecule has 0 unspecified atom stereocenters. The van der Waals surface area contributed by atoms with Crippen LogP contribution in [0.5, 0.6) is 0 Å². The van der Waals surface area contributed by atoms with E-state index in [0.29, 0.717) is 11.5 Å². The van der Waals surface area contributed by atoms with Crippen molar-refractivity contribution in [1.82, 2.24) is 9.88 Å². The minimum absolute atomic E-state index is 0.319. The number of nitrogens with zero attached hydrogens (tertiary/aromatic N) is 3. The van der Waals surface area contributed by atoms with Crippen LogP contribution >= 0.6 is 0 Å². The first-order valence-corrected chi connectivity index (χ1v) is 8.03. The van der Waals surface area contributed by atoms with Crippen LogP contribution in [-0.4, -0.2) is 55.3 Å². The van der Waals surface area contributed by atoms with E-state index in [4.69, 9.17) is 4.74 Å². The number of aromatic nitrogens is 1. The molecule has 0 saturated carbocycles. The predicted molar refractivity (Wildman–Crippen MR) is 85.8 cm³/mol. The monoisotopic (exact) mass is 289 g/mol. The molecule has 116 valence electrons. The smallest absolute Gasteiger partial charge is 0.128 e. The minimum Gasteiger partial charge on any atom is -0.378 e. The Morgan fingerprint density at radius 1 is 1.14 bits per heavy atom. The van der Waals surface area contributed by atoms with Crippen LogP contribution in [0.3, 0.4) is 0 Å². The molecule has 0 N–H and O–H groups in total. The van der Waals surface area contributed by atoms with Gasteiger partial charge >= 0.3 is 0 Å². The van der Waals surface area contributed by atoms with Crippen LogP contribution in [0.2, 0.25) is 0 Å². The van der Waals surface area contributed by atoms with Crippen molar-refractivity contribution in [2.24, 2.45) is 5.41 Å². The Bertz CT molecular complexity index is 454. The molecule has 0 aliphatic carbocycles. The van der Waals surface area contributed by atoms with Gasteiger partial charge in [-0.2, -0.15) is 0 Å². The molecular formula is C17H27N3O. The molecule has 4 heteroatoms. The quantitative estimate of drug-likeness (QED) is 0.853. The number of ether oxygens (including phenoxy) is 1. The Morgan fingerprint density at radius 2 is 1.86 bits per heavy atom. The molecule has 2 saturated heterocycles. The molecule has 2 aliphatic rings. The third kappa shape index (κ3) is 3.74. The molecule has 0 bridgehead atoms. The van der Waals surface area contributed by atoms with Crippen molar-refractivity contribution in [3.05, 3.63) is 23.9 Å². The van der Waals surface area contributed by atoms with Gasteiger partial charge in [0.2, 0.25) is 0 Å². The second kappa shape index (κ2) is 5.93. The molecule has 2 aliphatic heterocycles. The van der Waals surface area contributed by atoms with Gasteiger partial charge in [-0.1, -0.05) is 26.8 Å². The van der Waals surface area contributed by atoms with Crippen molar-refractivity contribution < 1.29 is 4.74 Å². The lowest BCUT2D eigenvalue weighted by Crippen LogP contribution is -2.56. The third-order valence-electron chi connectivity index (χ3n) is 4.32. The van der Waals surface area contributed by atoms with E-state index < -0.39 is 0 Å². The van der Waals surface area contributed by atoms with E-state index in [1.54, 1.807) is 0 Å². The van der Waals surface area contributed by atoms with E-state index in [0.717, 1.165) is 51.6 Å². The summed E-state index contributed by atoms with van der Waals surface area (Å²) in [5, 5.41) is 0. The van der Waals surface area contributed by atoms with Gasteiger partial charge in [0, 0.05) is 32.4 Å². The summed E-state index contributed by atoms with van der Waals surface area (Å²) >= 11 is 0. The maximum atomic E-state index is 5.28. The fourth-order valence-electron chi connectivity index (χ4n) is 3.07. The normalized spacial score (nSPS) is 21.4. The van der Waals surface area contributed by atoms with Gasteiger partial charge in [-0.05, 0) is 23.5 Å². The fraction of sp³-hybridized carbons (Fsp3) is 0.706. The molecule has 0 atom stereocenters. The standard InChI is InChI=1S/C17H27N3O/c1-17(2,3)10-14-4-5-16(18-11-14)20-8-6-19(7-9-20)15-12-21-13-15/h4-5,11,15H,6-10,12-13H2,1-3H3. The van der Waals surface area contributed by atoms with Crippen LogP contribution in [-0.2, 0) is 11.2 Å². The summed E-state index contributed by atoms with van der Waals surface area (Å²) in [5.41, 5.74) is 1.65. The van der Waals surface area contributed by atoms with Gasteiger partial charge in [0.25, 0.3) is 0 Å². The molecular weight excluding hydrogens is 262 g/mol.